The minimum Gasteiger partial charge on any atom is -0.446 e. The number of nitrogens with zero attached hydrogens (tertiary/aromatic N) is 1. The first-order valence-corrected chi connectivity index (χ1v) is 7.59. The van der Waals surface area contributed by atoms with E-state index in [1.807, 2.05) is 30.3 Å². The van der Waals surface area contributed by atoms with Gasteiger partial charge in [0.05, 0.1) is 6.04 Å². The summed E-state index contributed by atoms with van der Waals surface area (Å²) in [5.74, 6) is 0.716. The molecule has 1 amide bonds. The Morgan fingerprint density at radius 3 is 2.73 bits per heavy atom. The number of carbonyl (C=O) groups is 1. The molecule has 0 aliphatic carbocycles. The van der Waals surface area contributed by atoms with Crippen LogP contribution in [0.2, 0.25) is 0 Å². The molecular weight excluding hydrogens is 278 g/mol. The summed E-state index contributed by atoms with van der Waals surface area (Å²) < 4.78 is 5.35. The molecule has 0 aliphatic heterocycles. The molecule has 3 N–H and O–H groups in total. The Labute approximate surface area is 130 Å². The molecule has 1 unspecified atom stereocenters. The Kier molecular flexibility index (Phi) is 5.72. The standard InChI is InChI=1S/C17H23N3O2/c1-12(2)8-9-19-16(21)15-11-22-17(20-15)14(18)10-13-6-4-3-5-7-13/h3-7,11-12,14H,8-10,18H2,1-2H3,(H,19,21). The highest BCUT2D eigenvalue weighted by atomic mass is 16.3. The van der Waals surface area contributed by atoms with Crippen LogP contribution in [0.4, 0.5) is 0 Å². The van der Waals surface area contributed by atoms with Gasteiger partial charge in [-0.15, -0.1) is 0 Å². The van der Waals surface area contributed by atoms with E-state index in [-0.39, 0.29) is 17.6 Å². The van der Waals surface area contributed by atoms with Gasteiger partial charge in [-0.2, -0.15) is 0 Å². The summed E-state index contributed by atoms with van der Waals surface area (Å²) in [7, 11) is 0. The van der Waals surface area contributed by atoms with Gasteiger partial charge in [0.15, 0.2) is 5.69 Å². The van der Waals surface area contributed by atoms with Gasteiger partial charge >= 0.3 is 0 Å². The van der Waals surface area contributed by atoms with Gasteiger partial charge in [-0.1, -0.05) is 44.2 Å². The van der Waals surface area contributed by atoms with Crippen molar-refractivity contribution in [3.05, 3.63) is 53.7 Å². The highest BCUT2D eigenvalue weighted by molar-refractivity contribution is 5.91. The van der Waals surface area contributed by atoms with Gasteiger partial charge in [0, 0.05) is 6.54 Å². The van der Waals surface area contributed by atoms with Crippen molar-refractivity contribution < 1.29 is 9.21 Å². The highest BCUT2D eigenvalue weighted by Gasteiger charge is 2.17. The Hall–Kier alpha value is -2.14. The van der Waals surface area contributed by atoms with Crippen molar-refractivity contribution in [1.82, 2.24) is 10.3 Å². The van der Waals surface area contributed by atoms with Crippen molar-refractivity contribution in [3.8, 4) is 0 Å². The van der Waals surface area contributed by atoms with Crippen LogP contribution < -0.4 is 11.1 Å². The molecule has 2 aromatic rings. The number of nitrogens with two attached hydrogens (primary N) is 1. The van der Waals surface area contributed by atoms with Crippen molar-refractivity contribution in [1.29, 1.82) is 0 Å². The van der Waals surface area contributed by atoms with Gasteiger partial charge in [-0.3, -0.25) is 4.79 Å². The lowest BCUT2D eigenvalue weighted by molar-refractivity contribution is 0.0947. The van der Waals surface area contributed by atoms with E-state index < -0.39 is 0 Å². The minimum absolute atomic E-state index is 0.220. The molecule has 5 nitrogen and oxygen atoms in total. The van der Waals surface area contributed by atoms with E-state index in [0.29, 0.717) is 24.8 Å². The Bertz CT molecular complexity index is 593. The summed E-state index contributed by atoms with van der Waals surface area (Å²) in [5, 5.41) is 2.83. The molecule has 2 rings (SSSR count). The van der Waals surface area contributed by atoms with Crippen LogP contribution in [0.25, 0.3) is 0 Å². The lowest BCUT2D eigenvalue weighted by atomic mass is 10.1. The molecular formula is C17H23N3O2. The predicted octanol–water partition coefficient (Wildman–Crippen LogP) is 2.69. The Morgan fingerprint density at radius 2 is 2.05 bits per heavy atom. The van der Waals surface area contributed by atoms with Crippen LogP contribution in [0.15, 0.2) is 41.0 Å². The van der Waals surface area contributed by atoms with Crippen molar-refractivity contribution in [3.63, 3.8) is 0 Å². The third kappa shape index (κ3) is 4.70. The summed E-state index contributed by atoms with van der Waals surface area (Å²) in [6.45, 7) is 4.86. The van der Waals surface area contributed by atoms with Gasteiger partial charge in [0.25, 0.3) is 5.91 Å². The lowest BCUT2D eigenvalue weighted by Gasteiger charge is -2.07. The third-order valence-electron chi connectivity index (χ3n) is 3.38. The summed E-state index contributed by atoms with van der Waals surface area (Å²) in [6, 6.07) is 9.53. The molecule has 1 aromatic carbocycles. The van der Waals surface area contributed by atoms with Gasteiger partial charge in [-0.25, -0.2) is 4.98 Å². The van der Waals surface area contributed by atoms with E-state index in [1.54, 1.807) is 0 Å². The van der Waals surface area contributed by atoms with Crippen LogP contribution in [0.3, 0.4) is 0 Å². The minimum atomic E-state index is -0.361. The number of carbonyl (C=O) groups excluding carboxylic acids is 1. The van der Waals surface area contributed by atoms with Crippen molar-refractivity contribution in [2.24, 2.45) is 11.7 Å². The van der Waals surface area contributed by atoms with Crippen molar-refractivity contribution in [2.75, 3.05) is 6.54 Å². The lowest BCUT2D eigenvalue weighted by Crippen LogP contribution is -2.25. The number of nitrogens with one attached hydrogen (secondary N) is 1. The van der Waals surface area contributed by atoms with Gasteiger partial charge in [0.2, 0.25) is 5.89 Å². The second-order valence-electron chi connectivity index (χ2n) is 5.81. The molecule has 0 bridgehead atoms. The fourth-order valence-corrected chi connectivity index (χ4v) is 2.08. The summed E-state index contributed by atoms with van der Waals surface area (Å²) in [4.78, 5) is 16.1. The zero-order valence-corrected chi connectivity index (χ0v) is 13.1. The smallest absolute Gasteiger partial charge is 0.273 e. The fraction of sp³-hybridized carbons (Fsp3) is 0.412. The summed E-state index contributed by atoms with van der Waals surface area (Å²) >= 11 is 0. The first kappa shape index (κ1) is 16.2. The molecule has 0 saturated heterocycles. The van der Waals surface area contributed by atoms with Gasteiger partial charge in [0.1, 0.15) is 6.26 Å². The van der Waals surface area contributed by atoms with E-state index in [2.05, 4.69) is 24.1 Å². The average Bonchev–Trinajstić information content (AvgIpc) is 2.98. The van der Waals surface area contributed by atoms with Crippen LogP contribution in [-0.4, -0.2) is 17.4 Å². The number of amides is 1. The summed E-state index contributed by atoms with van der Waals surface area (Å²) in [5.41, 5.74) is 7.48. The maximum Gasteiger partial charge on any atom is 0.273 e. The first-order chi connectivity index (χ1) is 10.6. The SMILES string of the molecule is CC(C)CCNC(=O)c1coc(C(N)Cc2ccccc2)n1. The zero-order chi connectivity index (χ0) is 15.9. The number of hydrogen-bond donors (Lipinski definition) is 2. The highest BCUT2D eigenvalue weighted by Crippen LogP contribution is 2.15. The molecule has 0 fully saturated rings. The van der Waals surface area contributed by atoms with Gasteiger partial charge < -0.3 is 15.5 Å². The van der Waals surface area contributed by atoms with Crippen LogP contribution >= 0.6 is 0 Å². The molecule has 0 radical (unpaired) electrons. The Balaban J connectivity index is 1.91. The number of hydrogen-bond acceptors (Lipinski definition) is 4. The van der Waals surface area contributed by atoms with E-state index in [1.165, 1.54) is 6.26 Å². The molecule has 1 aromatic heterocycles. The monoisotopic (exact) mass is 301 g/mol. The number of benzene rings is 1. The maximum atomic E-state index is 11.9. The maximum absolute atomic E-state index is 11.9. The van der Waals surface area contributed by atoms with Crippen LogP contribution in [0.5, 0.6) is 0 Å². The normalized spacial score (nSPS) is 12.4. The molecule has 22 heavy (non-hydrogen) atoms. The summed E-state index contributed by atoms with van der Waals surface area (Å²) in [6.07, 6.45) is 2.92. The fourth-order valence-electron chi connectivity index (χ4n) is 2.08. The zero-order valence-electron chi connectivity index (χ0n) is 13.1. The molecule has 5 heteroatoms. The van der Waals surface area contributed by atoms with E-state index in [0.717, 1.165) is 12.0 Å². The van der Waals surface area contributed by atoms with Crippen LogP contribution in [0.1, 0.15) is 48.3 Å². The number of rotatable bonds is 7. The van der Waals surface area contributed by atoms with E-state index in [4.69, 9.17) is 10.2 Å². The van der Waals surface area contributed by atoms with Crippen LogP contribution in [0, 0.1) is 5.92 Å². The predicted molar refractivity (Wildman–Crippen MR) is 85.4 cm³/mol. The van der Waals surface area contributed by atoms with Crippen molar-refractivity contribution in [2.45, 2.75) is 32.7 Å². The molecule has 1 atom stereocenters. The quantitative estimate of drug-likeness (QED) is 0.824. The molecule has 1 heterocycles. The Morgan fingerprint density at radius 1 is 1.32 bits per heavy atom. The van der Waals surface area contributed by atoms with E-state index in [9.17, 15) is 4.79 Å². The van der Waals surface area contributed by atoms with Crippen molar-refractivity contribution >= 4 is 5.91 Å². The number of aromatic nitrogens is 1. The van der Waals surface area contributed by atoms with Gasteiger partial charge in [-0.05, 0) is 24.3 Å². The second kappa shape index (κ2) is 7.75. The largest absolute Gasteiger partial charge is 0.446 e. The average molecular weight is 301 g/mol. The third-order valence-corrected chi connectivity index (χ3v) is 3.38. The molecule has 118 valence electrons. The second-order valence-corrected chi connectivity index (χ2v) is 5.81. The molecule has 0 saturated carbocycles. The topological polar surface area (TPSA) is 81.2 Å². The molecule has 0 aliphatic rings. The molecule has 0 spiro atoms. The van der Waals surface area contributed by atoms with E-state index >= 15 is 0 Å². The van der Waals surface area contributed by atoms with Crippen LogP contribution in [-0.2, 0) is 6.42 Å². The first-order valence-electron chi connectivity index (χ1n) is 7.59. The number of oxazole rings is 1.